The first kappa shape index (κ1) is 18.6. The van der Waals surface area contributed by atoms with Crippen molar-refractivity contribution in [3.63, 3.8) is 0 Å². The summed E-state index contributed by atoms with van der Waals surface area (Å²) in [6.45, 7) is 5.22. The molecule has 7 rings (SSSR count). The lowest BCUT2D eigenvalue weighted by molar-refractivity contribution is 0.200. The van der Waals surface area contributed by atoms with Crippen molar-refractivity contribution in [2.24, 2.45) is 5.41 Å². The Kier molecular flexibility index (Phi) is 3.81. The predicted octanol–water partition coefficient (Wildman–Crippen LogP) is 2.83. The maximum Gasteiger partial charge on any atom is 0.203 e. The molecule has 0 atom stereocenters. The lowest BCUT2D eigenvalue weighted by Crippen LogP contribution is -2.54. The molecule has 0 bridgehead atoms. The van der Waals surface area contributed by atoms with E-state index in [0.29, 0.717) is 11.0 Å². The third-order valence-electron chi connectivity index (χ3n) is 7.38. The van der Waals surface area contributed by atoms with Gasteiger partial charge in [0.1, 0.15) is 0 Å². The molecule has 8 nitrogen and oxygen atoms in total. The van der Waals surface area contributed by atoms with Gasteiger partial charge in [0.05, 0.1) is 23.0 Å². The number of hydrogen-bond acceptors (Lipinski definition) is 6. The van der Waals surface area contributed by atoms with Gasteiger partial charge in [-0.3, -0.25) is 0 Å². The van der Waals surface area contributed by atoms with E-state index in [1.807, 2.05) is 28.9 Å². The fraction of sp³-hybridized carbons (Fsp3) is 0.280. The quantitative estimate of drug-likeness (QED) is 0.460. The molecule has 2 saturated heterocycles. The van der Waals surface area contributed by atoms with Crippen LogP contribution in [-0.4, -0.2) is 51.0 Å². The Balaban J connectivity index is 1.29. The fourth-order valence-electron chi connectivity index (χ4n) is 5.44. The maximum atomic E-state index is 9.10. The molecule has 4 aromatic rings. The van der Waals surface area contributed by atoms with Gasteiger partial charge in [-0.25, -0.2) is 0 Å². The van der Waals surface area contributed by atoms with Crippen LogP contribution in [0.3, 0.4) is 0 Å². The summed E-state index contributed by atoms with van der Waals surface area (Å²) in [6, 6.07) is 18.7. The molecular formula is C25H22N8. The molecule has 0 aliphatic carbocycles. The molecule has 162 valence electrons. The number of nitrogens with zero attached hydrogens (tertiary/aromatic N) is 7. The fourth-order valence-corrected chi connectivity index (χ4v) is 5.44. The maximum absolute atomic E-state index is 9.10. The smallest absolute Gasteiger partial charge is 0.203 e. The molecular weight excluding hydrogens is 412 g/mol. The van der Waals surface area contributed by atoms with Crippen LogP contribution in [0.25, 0.3) is 28.3 Å². The second-order valence-electron chi connectivity index (χ2n) is 9.43. The van der Waals surface area contributed by atoms with Gasteiger partial charge in [0.25, 0.3) is 0 Å². The largest absolute Gasteiger partial charge is 0.371 e. The zero-order valence-electron chi connectivity index (χ0n) is 18.1. The first-order valence-corrected chi connectivity index (χ1v) is 11.3. The summed E-state index contributed by atoms with van der Waals surface area (Å²) in [5.74, 6) is 0.738. The van der Waals surface area contributed by atoms with E-state index in [0.717, 1.165) is 61.1 Å². The van der Waals surface area contributed by atoms with E-state index < -0.39 is 0 Å². The average Bonchev–Trinajstić information content (AvgIpc) is 3.56. The molecule has 0 saturated carbocycles. The van der Waals surface area contributed by atoms with Crippen molar-refractivity contribution in [1.82, 2.24) is 30.1 Å². The van der Waals surface area contributed by atoms with Gasteiger partial charge >= 0.3 is 0 Å². The van der Waals surface area contributed by atoms with Gasteiger partial charge < -0.3 is 14.8 Å². The highest BCUT2D eigenvalue weighted by atomic mass is 15.5. The highest BCUT2D eigenvalue weighted by Gasteiger charge is 2.43. The minimum absolute atomic E-state index is 0.458. The van der Waals surface area contributed by atoms with Gasteiger partial charge in [-0.1, -0.05) is 12.1 Å². The van der Waals surface area contributed by atoms with Crippen molar-refractivity contribution in [3.8, 4) is 34.4 Å². The molecule has 2 fully saturated rings. The molecule has 0 radical (unpaired) electrons. The Labute approximate surface area is 191 Å². The van der Waals surface area contributed by atoms with E-state index >= 15 is 0 Å². The molecule has 0 amide bonds. The van der Waals surface area contributed by atoms with Crippen LogP contribution in [0.1, 0.15) is 17.5 Å². The van der Waals surface area contributed by atoms with Gasteiger partial charge in [-0.15, -0.1) is 5.10 Å². The number of nitriles is 1. The average molecular weight is 435 g/mol. The summed E-state index contributed by atoms with van der Waals surface area (Å²) in [4.78, 5) is 2.52. The number of hydrogen-bond donors (Lipinski definition) is 1. The number of nitrogens with one attached hydrogen (secondary N) is 1. The van der Waals surface area contributed by atoms with E-state index in [-0.39, 0.29) is 0 Å². The molecule has 1 spiro atoms. The van der Waals surface area contributed by atoms with Gasteiger partial charge in [0.15, 0.2) is 0 Å². The molecule has 3 aliphatic heterocycles. The second-order valence-corrected chi connectivity index (χ2v) is 9.43. The Morgan fingerprint density at radius 1 is 1.03 bits per heavy atom. The van der Waals surface area contributed by atoms with Crippen molar-refractivity contribution in [1.29, 1.82) is 5.26 Å². The molecule has 0 unspecified atom stereocenters. The van der Waals surface area contributed by atoms with Crippen LogP contribution in [0.2, 0.25) is 0 Å². The third kappa shape index (κ3) is 2.82. The molecule has 3 aliphatic rings. The third-order valence-corrected chi connectivity index (χ3v) is 7.38. The van der Waals surface area contributed by atoms with Crippen LogP contribution in [0.5, 0.6) is 0 Å². The predicted molar refractivity (Wildman–Crippen MR) is 124 cm³/mol. The van der Waals surface area contributed by atoms with E-state index in [4.69, 9.17) is 5.26 Å². The van der Waals surface area contributed by atoms with E-state index in [1.54, 1.807) is 0 Å². The van der Waals surface area contributed by atoms with Crippen molar-refractivity contribution < 1.29 is 0 Å². The Morgan fingerprint density at radius 2 is 1.91 bits per heavy atom. The molecule has 2 aromatic heterocycles. The van der Waals surface area contributed by atoms with Gasteiger partial charge in [0, 0.05) is 55.6 Å². The topological polar surface area (TPSA) is 87.6 Å². The van der Waals surface area contributed by atoms with Crippen LogP contribution in [-0.2, 0) is 6.54 Å². The SMILES string of the molecule is N#Cc1ccc(-c2cc3n(c2)Cc2cc(N4CCC5(CNC5)C4)ccc2-n2nnnc2-3)cc1. The van der Waals surface area contributed by atoms with Gasteiger partial charge in [-0.05, 0) is 64.4 Å². The van der Waals surface area contributed by atoms with Crippen molar-refractivity contribution in [3.05, 3.63) is 65.9 Å². The van der Waals surface area contributed by atoms with E-state index in [1.165, 1.54) is 17.7 Å². The zero-order valence-corrected chi connectivity index (χ0v) is 18.1. The zero-order chi connectivity index (χ0) is 22.0. The highest BCUT2D eigenvalue weighted by Crippen LogP contribution is 2.39. The highest BCUT2D eigenvalue weighted by molar-refractivity contribution is 5.72. The van der Waals surface area contributed by atoms with Gasteiger partial charge in [-0.2, -0.15) is 9.94 Å². The normalized spacial score (nSPS) is 17.6. The summed E-state index contributed by atoms with van der Waals surface area (Å²) in [7, 11) is 0. The summed E-state index contributed by atoms with van der Waals surface area (Å²) < 4.78 is 4.08. The minimum Gasteiger partial charge on any atom is -0.371 e. The van der Waals surface area contributed by atoms with Crippen LogP contribution in [0.4, 0.5) is 5.69 Å². The Morgan fingerprint density at radius 3 is 2.67 bits per heavy atom. The van der Waals surface area contributed by atoms with Crippen molar-refractivity contribution >= 4 is 5.69 Å². The summed E-state index contributed by atoms with van der Waals surface area (Å²) >= 11 is 0. The summed E-state index contributed by atoms with van der Waals surface area (Å²) in [5.41, 5.74) is 7.76. The van der Waals surface area contributed by atoms with Crippen LogP contribution in [0, 0.1) is 16.7 Å². The molecule has 1 N–H and O–H groups in total. The standard InChI is InChI=1S/C25H22N8/c26-11-17-1-3-18(4-2-17)19-10-23-24-28-29-30-33(24)22-6-5-21(9-20(22)13-32(23)12-19)31-8-7-25(16-31)14-27-15-25/h1-6,9-10,12,27H,7-8,13-16H2. The van der Waals surface area contributed by atoms with Crippen molar-refractivity contribution in [2.75, 3.05) is 31.1 Å². The Bertz CT molecular complexity index is 1420. The molecule has 2 aromatic carbocycles. The lowest BCUT2D eigenvalue weighted by Gasteiger charge is -2.39. The number of aromatic nitrogens is 5. The number of anilines is 1. The molecule has 5 heterocycles. The molecule has 33 heavy (non-hydrogen) atoms. The van der Waals surface area contributed by atoms with Crippen LogP contribution in [0.15, 0.2) is 54.7 Å². The van der Waals surface area contributed by atoms with Crippen LogP contribution < -0.4 is 10.2 Å². The second kappa shape index (κ2) is 6.77. The minimum atomic E-state index is 0.458. The lowest BCUT2D eigenvalue weighted by atomic mass is 9.81. The Hall–Kier alpha value is -3.96. The number of rotatable bonds is 2. The summed E-state index contributed by atoms with van der Waals surface area (Å²) in [6.07, 6.45) is 3.41. The van der Waals surface area contributed by atoms with Crippen molar-refractivity contribution in [2.45, 2.75) is 13.0 Å². The number of benzene rings is 2. The number of fused-ring (bicyclic) bond motifs is 5. The first-order valence-electron chi connectivity index (χ1n) is 11.3. The van der Waals surface area contributed by atoms with E-state index in [9.17, 15) is 0 Å². The van der Waals surface area contributed by atoms with E-state index in [2.05, 4.69) is 66.8 Å². The first-order chi connectivity index (χ1) is 16.2. The molecule has 8 heteroatoms. The van der Waals surface area contributed by atoms with Gasteiger partial charge in [0.2, 0.25) is 5.82 Å². The monoisotopic (exact) mass is 434 g/mol. The van der Waals surface area contributed by atoms with Crippen LogP contribution >= 0.6 is 0 Å². The number of tetrazole rings is 1. The summed E-state index contributed by atoms with van der Waals surface area (Å²) in [5, 5.41) is 25.2.